The summed E-state index contributed by atoms with van der Waals surface area (Å²) in [6.07, 6.45) is -3.48. The van der Waals surface area contributed by atoms with Crippen molar-refractivity contribution in [2.45, 2.75) is 45.3 Å². The van der Waals surface area contributed by atoms with Gasteiger partial charge < -0.3 is 19.2 Å². The van der Waals surface area contributed by atoms with Crippen molar-refractivity contribution >= 4 is 29.1 Å². The van der Waals surface area contributed by atoms with E-state index in [1.165, 1.54) is 18.1 Å². The molecule has 0 amide bonds. The van der Waals surface area contributed by atoms with Crippen molar-refractivity contribution in [1.82, 2.24) is 0 Å². The molecule has 24 heavy (non-hydrogen) atoms. The van der Waals surface area contributed by atoms with E-state index in [1.807, 2.05) is 27.7 Å². The summed E-state index contributed by atoms with van der Waals surface area (Å²) < 4.78 is 52.8. The molecule has 4 nitrogen and oxygen atoms in total. The number of aromatic hydroxyl groups is 1. The Balaban J connectivity index is 2.24. The summed E-state index contributed by atoms with van der Waals surface area (Å²) >= 11 is 3.09. The number of hydrogen-bond donors (Lipinski definition) is 1. The number of alkyl halides is 3. The van der Waals surface area contributed by atoms with Crippen LogP contribution in [0.5, 0.6) is 11.5 Å². The zero-order valence-electron chi connectivity index (χ0n) is 13.6. The Hall–Kier alpha value is -1.19. The summed E-state index contributed by atoms with van der Waals surface area (Å²) in [4.78, 5) is 0. The van der Waals surface area contributed by atoms with Crippen molar-refractivity contribution in [3.8, 4) is 11.5 Å². The summed E-state index contributed by atoms with van der Waals surface area (Å²) in [6.45, 7) is 7.53. The van der Waals surface area contributed by atoms with Gasteiger partial charge in [-0.2, -0.15) is 0 Å². The van der Waals surface area contributed by atoms with E-state index in [0.717, 1.165) is 6.07 Å². The highest BCUT2D eigenvalue weighted by molar-refractivity contribution is 9.10. The van der Waals surface area contributed by atoms with Gasteiger partial charge in [-0.25, -0.2) is 0 Å². The molecular weight excluding hydrogens is 392 g/mol. The third kappa shape index (κ3) is 4.26. The zero-order chi connectivity index (χ0) is 18.3. The second kappa shape index (κ2) is 6.27. The third-order valence-electron chi connectivity index (χ3n) is 4.00. The molecule has 1 aromatic rings. The summed E-state index contributed by atoms with van der Waals surface area (Å²) in [7, 11) is -0.680. The molecule has 0 radical (unpaired) electrons. The Morgan fingerprint density at radius 1 is 1.17 bits per heavy atom. The average Bonchev–Trinajstić information content (AvgIpc) is 2.58. The molecule has 1 aliphatic heterocycles. The van der Waals surface area contributed by atoms with Gasteiger partial charge in [-0.05, 0) is 39.8 Å². The smallest absolute Gasteiger partial charge is 0.504 e. The van der Waals surface area contributed by atoms with Gasteiger partial charge in [-0.15, -0.1) is 13.2 Å². The van der Waals surface area contributed by atoms with Gasteiger partial charge in [0.15, 0.2) is 11.5 Å². The number of ether oxygens (including phenoxy) is 1. The van der Waals surface area contributed by atoms with E-state index < -0.39 is 36.2 Å². The van der Waals surface area contributed by atoms with E-state index in [-0.39, 0.29) is 5.56 Å². The van der Waals surface area contributed by atoms with Crippen molar-refractivity contribution in [1.29, 1.82) is 0 Å². The standard InChI is InChI=1S/C15H17BBrF3O4/c1-13(2)14(3,4)24-16(23-13)6-5-9-7-10(17)8-11(12(9)21)22-15(18,19)20/h5-8,21H,1-4H3/b6-5+. The first kappa shape index (κ1) is 19.1. The topological polar surface area (TPSA) is 47.9 Å². The van der Waals surface area contributed by atoms with Gasteiger partial charge in [0, 0.05) is 10.0 Å². The molecule has 1 saturated heterocycles. The van der Waals surface area contributed by atoms with Crippen LogP contribution in [0.15, 0.2) is 22.6 Å². The Kier molecular flexibility index (Phi) is 5.00. The van der Waals surface area contributed by atoms with Gasteiger partial charge in [0.05, 0.1) is 11.2 Å². The normalized spacial score (nSPS) is 19.9. The first-order chi connectivity index (χ1) is 10.8. The lowest BCUT2D eigenvalue weighted by atomic mass is 9.89. The van der Waals surface area contributed by atoms with Gasteiger partial charge in [-0.1, -0.05) is 28.0 Å². The molecule has 0 spiro atoms. The molecule has 0 unspecified atom stereocenters. The molecule has 1 heterocycles. The minimum atomic E-state index is -4.90. The number of benzene rings is 1. The number of halogens is 4. The van der Waals surface area contributed by atoms with E-state index in [2.05, 4.69) is 20.7 Å². The van der Waals surface area contributed by atoms with Crippen LogP contribution in [0.25, 0.3) is 6.08 Å². The van der Waals surface area contributed by atoms with E-state index >= 15 is 0 Å². The number of hydrogen-bond acceptors (Lipinski definition) is 4. The molecule has 132 valence electrons. The highest BCUT2D eigenvalue weighted by Crippen LogP contribution is 2.39. The number of phenols is 1. The maximum Gasteiger partial charge on any atom is 0.573 e. The first-order valence-electron chi connectivity index (χ1n) is 7.13. The van der Waals surface area contributed by atoms with Crippen LogP contribution >= 0.6 is 15.9 Å². The molecule has 0 bridgehead atoms. The van der Waals surface area contributed by atoms with Crippen LogP contribution in [0.1, 0.15) is 33.3 Å². The van der Waals surface area contributed by atoms with E-state index in [0.29, 0.717) is 4.47 Å². The van der Waals surface area contributed by atoms with Crippen LogP contribution in [0, 0.1) is 0 Å². The predicted octanol–water partition coefficient (Wildman–Crippen LogP) is 4.70. The lowest BCUT2D eigenvalue weighted by molar-refractivity contribution is -0.275. The SMILES string of the molecule is CC1(C)OB(/C=C/c2cc(Br)cc(OC(F)(F)F)c2O)OC1(C)C. The Morgan fingerprint density at radius 3 is 2.21 bits per heavy atom. The van der Waals surface area contributed by atoms with Gasteiger partial charge in [0.2, 0.25) is 0 Å². The van der Waals surface area contributed by atoms with Crippen LogP contribution in [0.2, 0.25) is 0 Å². The fourth-order valence-corrected chi connectivity index (χ4v) is 2.53. The van der Waals surface area contributed by atoms with Crippen LogP contribution in [0.3, 0.4) is 0 Å². The molecule has 0 aliphatic carbocycles. The maximum atomic E-state index is 12.4. The lowest BCUT2D eigenvalue weighted by Crippen LogP contribution is -2.41. The van der Waals surface area contributed by atoms with Gasteiger partial charge >= 0.3 is 13.5 Å². The predicted molar refractivity (Wildman–Crippen MR) is 87.6 cm³/mol. The quantitative estimate of drug-likeness (QED) is 0.736. The number of rotatable bonds is 3. The molecular formula is C15H17BBrF3O4. The van der Waals surface area contributed by atoms with E-state index in [9.17, 15) is 18.3 Å². The highest BCUT2D eigenvalue weighted by atomic mass is 79.9. The van der Waals surface area contributed by atoms with Crippen molar-refractivity contribution < 1.29 is 32.3 Å². The second-order valence-corrected chi connectivity index (χ2v) is 7.29. The Bertz CT molecular complexity index is 643. The van der Waals surface area contributed by atoms with Crippen molar-refractivity contribution in [2.75, 3.05) is 0 Å². The van der Waals surface area contributed by atoms with Crippen molar-refractivity contribution in [2.24, 2.45) is 0 Å². The van der Waals surface area contributed by atoms with Gasteiger partial charge in [0.25, 0.3) is 0 Å². The molecule has 9 heteroatoms. The van der Waals surface area contributed by atoms with E-state index in [4.69, 9.17) is 9.31 Å². The zero-order valence-corrected chi connectivity index (χ0v) is 15.2. The fraction of sp³-hybridized carbons (Fsp3) is 0.467. The molecule has 1 N–H and O–H groups in total. The Morgan fingerprint density at radius 2 is 1.71 bits per heavy atom. The van der Waals surface area contributed by atoms with Crippen LogP contribution in [-0.4, -0.2) is 29.8 Å². The summed E-state index contributed by atoms with van der Waals surface area (Å²) in [5.74, 6) is 0.212. The van der Waals surface area contributed by atoms with Gasteiger partial charge in [-0.3, -0.25) is 0 Å². The average molecular weight is 409 g/mol. The molecule has 0 aromatic heterocycles. The molecule has 0 atom stereocenters. The van der Waals surface area contributed by atoms with Crippen molar-refractivity contribution in [3.05, 3.63) is 28.1 Å². The van der Waals surface area contributed by atoms with Crippen LogP contribution in [-0.2, 0) is 9.31 Å². The summed E-state index contributed by atoms with van der Waals surface area (Å²) in [5, 5.41) is 9.98. The van der Waals surface area contributed by atoms with Crippen LogP contribution < -0.4 is 4.74 Å². The Labute approximate surface area is 146 Å². The molecule has 1 fully saturated rings. The van der Waals surface area contributed by atoms with Crippen LogP contribution in [0.4, 0.5) is 13.2 Å². The number of phenolic OH excluding ortho intramolecular Hbond substituents is 1. The molecule has 0 saturated carbocycles. The third-order valence-corrected chi connectivity index (χ3v) is 4.46. The lowest BCUT2D eigenvalue weighted by Gasteiger charge is -2.32. The summed E-state index contributed by atoms with van der Waals surface area (Å²) in [6, 6.07) is 2.50. The second-order valence-electron chi connectivity index (χ2n) is 6.37. The van der Waals surface area contributed by atoms with Gasteiger partial charge in [0.1, 0.15) is 0 Å². The maximum absolute atomic E-state index is 12.4. The fourth-order valence-electron chi connectivity index (χ4n) is 2.07. The molecule has 2 rings (SSSR count). The summed E-state index contributed by atoms with van der Waals surface area (Å²) in [5.41, 5.74) is -0.934. The first-order valence-corrected chi connectivity index (χ1v) is 7.92. The monoisotopic (exact) mass is 408 g/mol. The minimum absolute atomic E-state index is 0.137. The highest BCUT2D eigenvalue weighted by Gasteiger charge is 2.50. The van der Waals surface area contributed by atoms with Crippen molar-refractivity contribution in [3.63, 3.8) is 0 Å². The molecule has 1 aromatic carbocycles. The van der Waals surface area contributed by atoms with E-state index in [1.54, 1.807) is 0 Å². The largest absolute Gasteiger partial charge is 0.573 e. The minimum Gasteiger partial charge on any atom is -0.504 e. The molecule has 1 aliphatic rings.